The Morgan fingerprint density at radius 1 is 0.267 bits per heavy atom. The van der Waals surface area contributed by atoms with E-state index in [1.165, 1.54) is 24.3 Å². The summed E-state index contributed by atoms with van der Waals surface area (Å²) in [6, 6.07) is 21.3. The van der Waals surface area contributed by atoms with Crippen molar-refractivity contribution in [2.75, 3.05) is 0 Å². The molecule has 6 heterocycles. The molecule has 0 aromatic heterocycles. The topological polar surface area (TPSA) is 541 Å². The Bertz CT molecular complexity index is 5350. The van der Waals surface area contributed by atoms with Gasteiger partial charge in [-0.2, -0.15) is 0 Å². The van der Waals surface area contributed by atoms with Crippen molar-refractivity contribution in [1.29, 1.82) is 0 Å². The summed E-state index contributed by atoms with van der Waals surface area (Å²) in [7, 11) is 0. The Kier molecular flexibility index (Phi) is 14.9. The first-order valence-corrected chi connectivity index (χ1v) is 32.2. The molecule has 0 aliphatic carbocycles. The van der Waals surface area contributed by atoms with E-state index in [1.54, 1.807) is 0 Å². The molecular formula is C75H60O30. The molecule has 6 aliphatic heterocycles. The van der Waals surface area contributed by atoms with Crippen LogP contribution in [-0.4, -0.2) is 153 Å². The van der Waals surface area contributed by atoms with E-state index in [0.717, 1.165) is 91.0 Å². The molecule has 14 atom stereocenters. The lowest BCUT2D eigenvalue weighted by Gasteiger charge is -2.51. The number of fused-ring (bicyclic) bond motifs is 11. The quantitative estimate of drug-likeness (QED) is 0.0672. The van der Waals surface area contributed by atoms with Gasteiger partial charge in [0.15, 0.2) is 75.8 Å². The minimum Gasteiger partial charge on any atom is -0.508 e. The minimum absolute atomic E-state index is 0.0359. The van der Waals surface area contributed by atoms with Crippen LogP contribution in [0.1, 0.15) is 126 Å². The molecular weight excluding hydrogens is 1380 g/mol. The summed E-state index contributed by atoms with van der Waals surface area (Å²) in [6.07, 6.45) is -18.1. The summed E-state index contributed by atoms with van der Waals surface area (Å²) in [5.74, 6) is -28.4. The molecule has 16 rings (SSSR count). The summed E-state index contributed by atoms with van der Waals surface area (Å²) >= 11 is 0. The lowest BCUT2D eigenvalue weighted by Crippen LogP contribution is -2.57. The summed E-state index contributed by atoms with van der Waals surface area (Å²) in [5, 5.41) is 283. The van der Waals surface area contributed by atoms with Crippen molar-refractivity contribution in [3.05, 3.63) is 205 Å². The fourth-order valence-electron chi connectivity index (χ4n) is 15.8. The van der Waals surface area contributed by atoms with Gasteiger partial charge >= 0.3 is 5.79 Å². The summed E-state index contributed by atoms with van der Waals surface area (Å²) < 4.78 is 39.7. The first-order valence-electron chi connectivity index (χ1n) is 32.2. The molecule has 10 aromatic rings. The Balaban J connectivity index is 0.964. The van der Waals surface area contributed by atoms with Gasteiger partial charge in [-0.05, 0) is 89.0 Å². The number of hydrogen-bond acceptors (Lipinski definition) is 30. The molecule has 0 fully saturated rings. The SMILES string of the molecule is Oc1cc(O)c2c(c1)O[C@@]1(c3ccc(O)c(O)c3)Oc3cc(O)c4c(c3[C@@H]2[C@H]1O)OC(c1ccc(O)c(O)c1)C(O)C4c1c(O)cc(O)c2c1OC(c1ccc(O)c(O)c1)C(O)C2c1c(O)cc(O)c2c1OC(c1ccc(O)c(O)c1)C(O)C2c1c(O)cc(O)c2c1OC(c1ccc(O)c(O)c1)C(O)C2. The molecule has 0 amide bonds. The number of ether oxygens (including phenoxy) is 6. The lowest BCUT2D eigenvalue weighted by atomic mass is 9.70. The number of phenols is 19. The van der Waals surface area contributed by atoms with Gasteiger partial charge in [0, 0.05) is 98.5 Å². The highest BCUT2D eigenvalue weighted by molar-refractivity contribution is 5.76. The highest BCUT2D eigenvalue weighted by atomic mass is 16.7. The van der Waals surface area contributed by atoms with Gasteiger partial charge in [-0.3, -0.25) is 0 Å². The van der Waals surface area contributed by atoms with Gasteiger partial charge in [-0.15, -0.1) is 0 Å². The van der Waals surface area contributed by atoms with Crippen LogP contribution in [-0.2, 0) is 12.2 Å². The molecule has 24 N–H and O–H groups in total. The summed E-state index contributed by atoms with van der Waals surface area (Å²) in [6.45, 7) is 0. The minimum atomic E-state index is -2.51. The molecule has 0 saturated heterocycles. The predicted molar refractivity (Wildman–Crippen MR) is 354 cm³/mol. The predicted octanol–water partition coefficient (Wildman–Crippen LogP) is 7.14. The van der Waals surface area contributed by atoms with Gasteiger partial charge in [0.25, 0.3) is 0 Å². The largest absolute Gasteiger partial charge is 0.508 e. The average Bonchev–Trinajstić information content (AvgIpc) is 0.688. The molecule has 11 unspecified atom stereocenters. The third kappa shape index (κ3) is 9.89. The third-order valence-corrected chi connectivity index (χ3v) is 20.5. The molecule has 105 heavy (non-hydrogen) atoms. The van der Waals surface area contributed by atoms with Crippen LogP contribution in [0.25, 0.3) is 0 Å². The molecule has 6 aliphatic rings. The van der Waals surface area contributed by atoms with Crippen LogP contribution in [0.15, 0.2) is 127 Å². The van der Waals surface area contributed by atoms with Crippen LogP contribution >= 0.6 is 0 Å². The van der Waals surface area contributed by atoms with Crippen LogP contribution in [0, 0.1) is 0 Å². The lowest BCUT2D eigenvalue weighted by molar-refractivity contribution is -0.219. The number of aliphatic hydroxyl groups is 5. The van der Waals surface area contributed by atoms with Gasteiger partial charge in [0.1, 0.15) is 117 Å². The Hall–Kier alpha value is -13.0. The average molecular weight is 1440 g/mol. The Labute approximate surface area is 588 Å². The Morgan fingerprint density at radius 2 is 0.590 bits per heavy atom. The first-order chi connectivity index (χ1) is 49.9. The molecule has 10 aromatic carbocycles. The molecule has 2 bridgehead atoms. The van der Waals surface area contributed by atoms with E-state index >= 15 is 0 Å². The highest BCUT2D eigenvalue weighted by Crippen LogP contribution is 2.68. The van der Waals surface area contributed by atoms with Gasteiger partial charge in [-0.1, -0.05) is 24.3 Å². The maximum atomic E-state index is 13.4. The number of rotatable bonds is 8. The third-order valence-electron chi connectivity index (χ3n) is 20.5. The first kappa shape index (κ1) is 66.5. The number of aliphatic hydroxyl groups excluding tert-OH is 5. The number of benzene rings is 10. The Morgan fingerprint density at radius 3 is 0.990 bits per heavy atom. The van der Waals surface area contributed by atoms with E-state index in [0.29, 0.717) is 12.1 Å². The molecule has 30 heteroatoms. The van der Waals surface area contributed by atoms with E-state index in [9.17, 15) is 123 Å². The van der Waals surface area contributed by atoms with Gasteiger partial charge < -0.3 is 151 Å². The fraction of sp³-hybridized carbons (Fsp3) is 0.200. The zero-order valence-corrected chi connectivity index (χ0v) is 53.5. The second-order valence-electron chi connectivity index (χ2n) is 26.5. The van der Waals surface area contributed by atoms with Crippen LogP contribution < -0.4 is 28.4 Å². The summed E-state index contributed by atoms with van der Waals surface area (Å²) in [4.78, 5) is 0. The zero-order chi connectivity index (χ0) is 74.3. The van der Waals surface area contributed by atoms with Crippen molar-refractivity contribution in [2.24, 2.45) is 0 Å². The number of hydrogen-bond donors (Lipinski definition) is 24. The van der Waals surface area contributed by atoms with Crippen molar-refractivity contribution < 1.29 is 151 Å². The molecule has 0 spiro atoms. The monoisotopic (exact) mass is 1440 g/mol. The van der Waals surface area contributed by atoms with E-state index < -0.39 is 262 Å². The van der Waals surface area contributed by atoms with E-state index in [4.69, 9.17) is 28.4 Å². The van der Waals surface area contributed by atoms with Crippen LogP contribution in [0.2, 0.25) is 0 Å². The van der Waals surface area contributed by atoms with E-state index in [2.05, 4.69) is 0 Å². The standard InChI is InChI=1S/C75H60O30/c76-28-16-41(88)51-49(17-28)104-75(27-5-10-34(81)40(87)15-27)74(99)62(51)58-50(105-75)22-47(94)57-61(65(98)69(103-73(57)58)26-4-9-33(80)39(86)14-26)56-46(93)21-45(92)55-60(64(97)68(102-72(55)56)25-3-8-32(79)38(85)13-25)54-44(91)20-43(90)53-59(63(96)67(101-71(53)54)24-2-7-31(78)37(84)12-24)52-42(89)19-35(82)29-18-48(95)66(100-70(29)52)23-1-6-30(77)36(83)11-23/h1-17,19-22,48,59-69,74,76-99H,18H2/t48?,59?,60?,61?,62-,63?,64?,65?,66?,67?,68?,69?,74-,75+/m1/s1. The second-order valence-corrected chi connectivity index (χ2v) is 26.5. The maximum Gasteiger partial charge on any atom is 0.305 e. The number of phenolic OH excluding ortho intramolecular Hbond substituents is 19. The van der Waals surface area contributed by atoms with E-state index in [1.807, 2.05) is 0 Å². The highest BCUT2D eigenvalue weighted by Gasteiger charge is 2.62. The van der Waals surface area contributed by atoms with Crippen molar-refractivity contribution in [3.63, 3.8) is 0 Å². The zero-order valence-electron chi connectivity index (χ0n) is 53.5. The van der Waals surface area contributed by atoms with Crippen molar-refractivity contribution in [3.8, 4) is 144 Å². The fourth-order valence-corrected chi connectivity index (χ4v) is 15.8. The van der Waals surface area contributed by atoms with Crippen molar-refractivity contribution >= 4 is 0 Å². The maximum absolute atomic E-state index is 13.4. The van der Waals surface area contributed by atoms with Gasteiger partial charge in [0.05, 0.1) is 29.8 Å². The molecule has 540 valence electrons. The summed E-state index contributed by atoms with van der Waals surface area (Å²) in [5.41, 5.74) is -5.08. The van der Waals surface area contributed by atoms with Crippen LogP contribution in [0.3, 0.4) is 0 Å². The molecule has 30 nitrogen and oxygen atoms in total. The number of aromatic hydroxyl groups is 19. The van der Waals surface area contributed by atoms with Gasteiger partial charge in [-0.25, -0.2) is 0 Å². The smallest absolute Gasteiger partial charge is 0.305 e. The molecule has 0 radical (unpaired) electrons. The van der Waals surface area contributed by atoms with Gasteiger partial charge in [0.2, 0.25) is 0 Å². The van der Waals surface area contributed by atoms with Crippen molar-refractivity contribution in [1.82, 2.24) is 0 Å². The van der Waals surface area contributed by atoms with Crippen LogP contribution in [0.5, 0.6) is 144 Å². The van der Waals surface area contributed by atoms with E-state index in [-0.39, 0.29) is 50.3 Å². The normalized spacial score (nSPS) is 25.1. The van der Waals surface area contributed by atoms with Crippen molar-refractivity contribution in [2.45, 2.75) is 90.8 Å². The van der Waals surface area contributed by atoms with Crippen LogP contribution in [0.4, 0.5) is 0 Å². The second kappa shape index (κ2) is 23.5. The molecule has 0 saturated carbocycles.